The van der Waals surface area contributed by atoms with Crippen molar-refractivity contribution in [1.82, 2.24) is 19.4 Å². The van der Waals surface area contributed by atoms with Crippen LogP contribution in [0.15, 0.2) is 21.9 Å². The van der Waals surface area contributed by atoms with Crippen LogP contribution >= 0.6 is 0 Å². The molecule has 1 aromatic rings. The van der Waals surface area contributed by atoms with Crippen molar-refractivity contribution in [2.24, 2.45) is 5.41 Å². The summed E-state index contributed by atoms with van der Waals surface area (Å²) in [6.07, 6.45) is 8.43. The SMILES string of the molecule is O=C(Cn1ccc(=O)[nH]c1=O)N1CCC2(CCCN(C3CCCC3)C2=O)C1. The Balaban J connectivity index is 1.45. The highest BCUT2D eigenvalue weighted by molar-refractivity contribution is 5.86. The normalized spacial score (nSPS) is 26.3. The van der Waals surface area contributed by atoms with Gasteiger partial charge in [0, 0.05) is 37.9 Å². The maximum atomic E-state index is 13.2. The van der Waals surface area contributed by atoms with E-state index in [-0.39, 0.29) is 18.4 Å². The van der Waals surface area contributed by atoms with Gasteiger partial charge in [-0.1, -0.05) is 12.8 Å². The Bertz CT molecular complexity index is 854. The molecule has 1 spiro atoms. The average molecular weight is 374 g/mol. The summed E-state index contributed by atoms with van der Waals surface area (Å²) in [5.41, 5.74) is -1.53. The third-order valence-electron chi connectivity index (χ3n) is 6.44. The van der Waals surface area contributed by atoms with Crippen molar-refractivity contribution >= 4 is 11.8 Å². The Hall–Kier alpha value is -2.38. The van der Waals surface area contributed by atoms with Gasteiger partial charge in [0.1, 0.15) is 6.54 Å². The van der Waals surface area contributed by atoms with Gasteiger partial charge < -0.3 is 9.80 Å². The quantitative estimate of drug-likeness (QED) is 0.824. The standard InChI is InChI=1S/C19H26N4O4/c24-15-6-10-21(18(27)20-15)12-16(25)22-11-8-19(13-22)7-3-9-23(17(19)26)14-4-1-2-5-14/h6,10,14H,1-5,7-9,11-13H2,(H,20,24,27). The number of nitrogens with one attached hydrogen (secondary N) is 1. The maximum absolute atomic E-state index is 13.2. The predicted octanol–water partition coefficient (Wildman–Crippen LogP) is 0.320. The number of H-pyrrole nitrogens is 1. The fraction of sp³-hybridized carbons (Fsp3) is 0.684. The summed E-state index contributed by atoms with van der Waals surface area (Å²) in [6, 6.07) is 1.60. The number of carbonyl (C=O) groups excluding carboxylic acids is 2. The van der Waals surface area contributed by atoms with Gasteiger partial charge in [-0.15, -0.1) is 0 Å². The Morgan fingerprint density at radius 2 is 1.89 bits per heavy atom. The minimum Gasteiger partial charge on any atom is -0.340 e. The summed E-state index contributed by atoms with van der Waals surface area (Å²) in [7, 11) is 0. The molecule has 1 aliphatic carbocycles. The van der Waals surface area contributed by atoms with E-state index in [4.69, 9.17) is 0 Å². The van der Waals surface area contributed by atoms with E-state index in [1.54, 1.807) is 4.90 Å². The summed E-state index contributed by atoms with van der Waals surface area (Å²) in [5, 5.41) is 0. The number of hydrogen-bond donors (Lipinski definition) is 1. The van der Waals surface area contributed by atoms with Gasteiger partial charge >= 0.3 is 5.69 Å². The van der Waals surface area contributed by atoms with Crippen molar-refractivity contribution < 1.29 is 9.59 Å². The first kappa shape index (κ1) is 18.0. The van der Waals surface area contributed by atoms with E-state index in [0.717, 1.165) is 32.2 Å². The number of aromatic amines is 1. The second-order valence-corrected chi connectivity index (χ2v) is 8.12. The number of carbonyl (C=O) groups is 2. The number of rotatable bonds is 3. The van der Waals surface area contributed by atoms with Crippen LogP contribution in [0.4, 0.5) is 0 Å². The lowest BCUT2D eigenvalue weighted by atomic mass is 9.77. The zero-order valence-corrected chi connectivity index (χ0v) is 15.5. The van der Waals surface area contributed by atoms with Gasteiger partial charge in [0.15, 0.2) is 0 Å². The molecule has 2 amide bonds. The summed E-state index contributed by atoms with van der Waals surface area (Å²) in [5.74, 6) is 0.0315. The fourth-order valence-electron chi connectivity index (χ4n) is 4.94. The molecule has 8 nitrogen and oxygen atoms in total. The van der Waals surface area contributed by atoms with E-state index in [1.165, 1.54) is 29.7 Å². The minimum atomic E-state index is -0.592. The van der Waals surface area contributed by atoms with Crippen LogP contribution in [-0.2, 0) is 16.1 Å². The van der Waals surface area contributed by atoms with Crippen LogP contribution in [0, 0.1) is 5.41 Å². The van der Waals surface area contributed by atoms with Crippen molar-refractivity contribution in [3.05, 3.63) is 33.1 Å². The van der Waals surface area contributed by atoms with Crippen molar-refractivity contribution in [3.63, 3.8) is 0 Å². The number of likely N-dealkylation sites (tertiary alicyclic amines) is 2. The number of aromatic nitrogens is 2. The van der Waals surface area contributed by atoms with Gasteiger partial charge in [-0.05, 0) is 32.1 Å². The number of nitrogens with zero attached hydrogens (tertiary/aromatic N) is 3. The molecule has 0 aromatic carbocycles. The third-order valence-corrected chi connectivity index (χ3v) is 6.44. The van der Waals surface area contributed by atoms with Gasteiger partial charge in [0.25, 0.3) is 5.56 Å². The molecular weight excluding hydrogens is 348 g/mol. The van der Waals surface area contributed by atoms with Crippen LogP contribution in [0.1, 0.15) is 44.9 Å². The van der Waals surface area contributed by atoms with E-state index >= 15 is 0 Å². The zero-order valence-electron chi connectivity index (χ0n) is 15.5. The van der Waals surface area contributed by atoms with Crippen LogP contribution in [0.2, 0.25) is 0 Å². The molecular formula is C19H26N4O4. The van der Waals surface area contributed by atoms with Gasteiger partial charge in [-0.3, -0.25) is 23.9 Å². The molecule has 2 saturated heterocycles. The fourth-order valence-corrected chi connectivity index (χ4v) is 4.94. The summed E-state index contributed by atoms with van der Waals surface area (Å²) in [6.45, 7) is 1.70. The van der Waals surface area contributed by atoms with Gasteiger partial charge in [-0.25, -0.2) is 4.79 Å². The summed E-state index contributed by atoms with van der Waals surface area (Å²) < 4.78 is 1.20. The molecule has 0 radical (unpaired) electrons. The molecule has 4 rings (SSSR count). The molecule has 2 aliphatic heterocycles. The molecule has 1 unspecified atom stereocenters. The van der Waals surface area contributed by atoms with E-state index in [1.807, 2.05) is 0 Å². The highest BCUT2D eigenvalue weighted by Gasteiger charge is 2.50. The molecule has 1 N–H and O–H groups in total. The first-order chi connectivity index (χ1) is 13.0. The Morgan fingerprint density at radius 3 is 2.63 bits per heavy atom. The van der Waals surface area contributed by atoms with Crippen LogP contribution in [0.3, 0.4) is 0 Å². The first-order valence-electron chi connectivity index (χ1n) is 9.87. The second-order valence-electron chi connectivity index (χ2n) is 8.12. The van der Waals surface area contributed by atoms with Crippen molar-refractivity contribution in [3.8, 4) is 0 Å². The second kappa shape index (κ2) is 6.98. The molecule has 1 aromatic heterocycles. The molecule has 3 heterocycles. The third kappa shape index (κ3) is 3.33. The number of piperidine rings is 1. The molecule has 3 aliphatic rings. The molecule has 146 valence electrons. The van der Waals surface area contributed by atoms with E-state index in [0.29, 0.717) is 25.6 Å². The van der Waals surface area contributed by atoms with Crippen LogP contribution in [0.25, 0.3) is 0 Å². The number of amides is 2. The lowest BCUT2D eigenvalue weighted by molar-refractivity contribution is -0.148. The van der Waals surface area contributed by atoms with Crippen LogP contribution < -0.4 is 11.2 Å². The Labute approximate surface area is 157 Å². The summed E-state index contributed by atoms with van der Waals surface area (Å²) >= 11 is 0. The Morgan fingerprint density at radius 1 is 1.11 bits per heavy atom. The lowest BCUT2D eigenvalue weighted by Crippen LogP contribution is -2.53. The smallest absolute Gasteiger partial charge is 0.328 e. The highest BCUT2D eigenvalue weighted by atomic mass is 16.2. The van der Waals surface area contributed by atoms with Gasteiger partial charge in [0.2, 0.25) is 11.8 Å². The minimum absolute atomic E-state index is 0.119. The molecule has 3 fully saturated rings. The monoisotopic (exact) mass is 374 g/mol. The average Bonchev–Trinajstić information content (AvgIpc) is 3.31. The van der Waals surface area contributed by atoms with E-state index in [9.17, 15) is 19.2 Å². The highest BCUT2D eigenvalue weighted by Crippen LogP contribution is 2.42. The molecule has 8 heteroatoms. The van der Waals surface area contributed by atoms with Crippen LogP contribution in [0.5, 0.6) is 0 Å². The number of hydrogen-bond acceptors (Lipinski definition) is 4. The Kier molecular flexibility index (Phi) is 4.65. The predicted molar refractivity (Wildman–Crippen MR) is 98.2 cm³/mol. The molecule has 0 bridgehead atoms. The largest absolute Gasteiger partial charge is 0.340 e. The molecule has 1 saturated carbocycles. The van der Waals surface area contributed by atoms with E-state index < -0.39 is 16.7 Å². The van der Waals surface area contributed by atoms with Crippen LogP contribution in [-0.4, -0.2) is 56.8 Å². The van der Waals surface area contributed by atoms with E-state index in [2.05, 4.69) is 9.88 Å². The van der Waals surface area contributed by atoms with Gasteiger partial charge in [0.05, 0.1) is 5.41 Å². The van der Waals surface area contributed by atoms with Crippen molar-refractivity contribution in [2.45, 2.75) is 57.5 Å². The summed E-state index contributed by atoms with van der Waals surface area (Å²) in [4.78, 5) is 54.8. The maximum Gasteiger partial charge on any atom is 0.328 e. The first-order valence-corrected chi connectivity index (χ1v) is 9.87. The molecule has 1 atom stereocenters. The zero-order chi connectivity index (χ0) is 19.0. The van der Waals surface area contributed by atoms with Crippen molar-refractivity contribution in [1.29, 1.82) is 0 Å². The van der Waals surface area contributed by atoms with Crippen molar-refractivity contribution in [2.75, 3.05) is 19.6 Å². The topological polar surface area (TPSA) is 95.5 Å². The molecule has 27 heavy (non-hydrogen) atoms. The lowest BCUT2D eigenvalue weighted by Gasteiger charge is -2.42. The van der Waals surface area contributed by atoms with Gasteiger partial charge in [-0.2, -0.15) is 0 Å².